The van der Waals surface area contributed by atoms with Gasteiger partial charge in [0.25, 0.3) is 5.56 Å². The maximum Gasteiger partial charge on any atom is 0.265 e. The van der Waals surface area contributed by atoms with Gasteiger partial charge in [0.15, 0.2) is 10.8 Å². The van der Waals surface area contributed by atoms with Crippen LogP contribution in [-0.4, -0.2) is 37.5 Å². The molecule has 1 aliphatic heterocycles. The fourth-order valence-electron chi connectivity index (χ4n) is 3.23. The molecule has 27 heavy (non-hydrogen) atoms. The van der Waals surface area contributed by atoms with Crippen LogP contribution in [0.4, 0.5) is 0 Å². The van der Waals surface area contributed by atoms with Crippen molar-refractivity contribution in [2.45, 2.75) is 24.5 Å². The Balaban J connectivity index is 1.75. The highest BCUT2D eigenvalue weighted by atomic mass is 32.2. The van der Waals surface area contributed by atoms with Gasteiger partial charge in [0.1, 0.15) is 5.39 Å². The molecular weight excluding hydrogens is 362 g/mol. The van der Waals surface area contributed by atoms with E-state index in [0.29, 0.717) is 28.5 Å². The van der Waals surface area contributed by atoms with Crippen molar-refractivity contribution in [2.24, 2.45) is 0 Å². The lowest BCUT2D eigenvalue weighted by atomic mass is 10.2. The zero-order valence-corrected chi connectivity index (χ0v) is 15.7. The van der Waals surface area contributed by atoms with E-state index >= 15 is 0 Å². The Morgan fingerprint density at radius 3 is 3.04 bits per heavy atom. The molecule has 1 aliphatic rings. The minimum Gasteiger partial charge on any atom is -0.353 e. The summed E-state index contributed by atoms with van der Waals surface area (Å²) in [7, 11) is 0. The Morgan fingerprint density at radius 2 is 2.26 bits per heavy atom. The zero-order valence-electron chi connectivity index (χ0n) is 14.9. The normalized spacial score (nSPS) is 15.7. The Hall–Kier alpha value is -2.87. The van der Waals surface area contributed by atoms with Crippen LogP contribution in [0.2, 0.25) is 0 Å². The molecule has 0 saturated heterocycles. The van der Waals surface area contributed by atoms with Crippen LogP contribution in [0.3, 0.4) is 0 Å². The minimum absolute atomic E-state index is 0.101. The van der Waals surface area contributed by atoms with E-state index in [4.69, 9.17) is 4.98 Å². The number of nitrogens with one attached hydrogen (secondary N) is 1. The summed E-state index contributed by atoms with van der Waals surface area (Å²) in [5.41, 5.74) is 2.34. The van der Waals surface area contributed by atoms with Gasteiger partial charge in [-0.25, -0.2) is 9.67 Å². The second kappa shape index (κ2) is 7.03. The molecule has 1 aromatic carbocycles. The van der Waals surface area contributed by atoms with Gasteiger partial charge in [0.2, 0.25) is 5.91 Å². The number of carbonyl (C=O) groups excluding carboxylic acids is 1. The molecule has 0 saturated carbocycles. The molecule has 3 aromatic rings. The van der Waals surface area contributed by atoms with Gasteiger partial charge in [-0.3, -0.25) is 14.2 Å². The number of hydrogen-bond donors (Lipinski definition) is 1. The van der Waals surface area contributed by atoms with Crippen molar-refractivity contribution < 1.29 is 4.79 Å². The molecule has 1 amide bonds. The number of aromatic nitrogens is 4. The standard InChI is InChI=1S/C19H19N5O2S/c1-3-8-20-16(25)9-13-11-27-19-22-17-14(18(26)23(13)19)10-21-24(17)15-7-5-4-6-12(15)2/h3-7,10,13H,1,8-9,11H2,2H3,(H,20,25). The number of para-hydroxylation sites is 1. The van der Waals surface area contributed by atoms with E-state index in [2.05, 4.69) is 17.0 Å². The minimum atomic E-state index is -0.207. The summed E-state index contributed by atoms with van der Waals surface area (Å²) in [6, 6.07) is 7.63. The SMILES string of the molecule is C=CCNC(=O)CC1CSc2nc3c(cnn3-c3ccccc3C)c(=O)n21. The van der Waals surface area contributed by atoms with Gasteiger partial charge >= 0.3 is 0 Å². The van der Waals surface area contributed by atoms with Gasteiger partial charge in [0.05, 0.1) is 17.9 Å². The van der Waals surface area contributed by atoms with Crippen molar-refractivity contribution in [1.29, 1.82) is 0 Å². The van der Waals surface area contributed by atoms with Crippen LogP contribution < -0.4 is 10.9 Å². The number of benzene rings is 1. The quantitative estimate of drug-likeness (QED) is 0.541. The van der Waals surface area contributed by atoms with Gasteiger partial charge in [-0.05, 0) is 18.6 Å². The van der Waals surface area contributed by atoms with Crippen LogP contribution in [0.5, 0.6) is 0 Å². The third kappa shape index (κ3) is 3.06. The molecule has 8 heteroatoms. The molecule has 138 valence electrons. The molecule has 0 bridgehead atoms. The maximum atomic E-state index is 13.1. The molecule has 1 unspecified atom stereocenters. The highest BCUT2D eigenvalue weighted by Gasteiger charge is 2.29. The number of nitrogens with zero attached hydrogens (tertiary/aromatic N) is 4. The van der Waals surface area contributed by atoms with Crippen LogP contribution >= 0.6 is 11.8 Å². The molecule has 1 N–H and O–H groups in total. The predicted octanol–water partition coefficient (Wildman–Crippen LogP) is 2.23. The van der Waals surface area contributed by atoms with E-state index in [-0.39, 0.29) is 23.9 Å². The summed E-state index contributed by atoms with van der Waals surface area (Å²) in [4.78, 5) is 29.8. The molecule has 0 aliphatic carbocycles. The molecule has 1 atom stereocenters. The summed E-state index contributed by atoms with van der Waals surface area (Å²) in [6.07, 6.45) is 3.43. The van der Waals surface area contributed by atoms with Crippen LogP contribution in [-0.2, 0) is 4.79 Å². The Bertz CT molecular complexity index is 1100. The van der Waals surface area contributed by atoms with E-state index in [9.17, 15) is 9.59 Å². The summed E-state index contributed by atoms with van der Waals surface area (Å²) in [6.45, 7) is 6.00. The number of thioether (sulfide) groups is 1. The topological polar surface area (TPSA) is 81.8 Å². The summed E-state index contributed by atoms with van der Waals surface area (Å²) >= 11 is 1.49. The maximum absolute atomic E-state index is 13.1. The molecule has 2 aromatic heterocycles. The van der Waals surface area contributed by atoms with Crippen LogP contribution in [0, 0.1) is 6.92 Å². The predicted molar refractivity (Wildman–Crippen MR) is 105 cm³/mol. The average Bonchev–Trinajstić information content (AvgIpc) is 3.26. The third-order valence-corrected chi connectivity index (χ3v) is 5.68. The number of carbonyl (C=O) groups is 1. The fourth-order valence-corrected chi connectivity index (χ4v) is 4.36. The lowest BCUT2D eigenvalue weighted by molar-refractivity contribution is -0.121. The average molecular weight is 381 g/mol. The summed E-state index contributed by atoms with van der Waals surface area (Å²) < 4.78 is 3.34. The molecule has 0 fully saturated rings. The van der Waals surface area contributed by atoms with Crippen molar-refractivity contribution in [3.8, 4) is 5.69 Å². The van der Waals surface area contributed by atoms with E-state index in [1.54, 1.807) is 21.5 Å². The highest BCUT2D eigenvalue weighted by molar-refractivity contribution is 7.99. The Kier molecular flexibility index (Phi) is 4.57. The van der Waals surface area contributed by atoms with E-state index in [1.807, 2.05) is 31.2 Å². The summed E-state index contributed by atoms with van der Waals surface area (Å²) in [5.74, 6) is 0.546. The van der Waals surface area contributed by atoms with Gasteiger partial charge in [-0.15, -0.1) is 6.58 Å². The van der Waals surface area contributed by atoms with Gasteiger partial charge in [-0.2, -0.15) is 5.10 Å². The number of aryl methyl sites for hydroxylation is 1. The molecule has 3 heterocycles. The lowest BCUT2D eigenvalue weighted by Gasteiger charge is -2.13. The number of fused-ring (bicyclic) bond motifs is 2. The number of amides is 1. The van der Waals surface area contributed by atoms with Crippen molar-refractivity contribution in [2.75, 3.05) is 12.3 Å². The van der Waals surface area contributed by atoms with Gasteiger partial charge in [0, 0.05) is 18.7 Å². The van der Waals surface area contributed by atoms with Crippen molar-refractivity contribution in [3.63, 3.8) is 0 Å². The van der Waals surface area contributed by atoms with Crippen molar-refractivity contribution in [3.05, 3.63) is 59.0 Å². The largest absolute Gasteiger partial charge is 0.353 e. The molecule has 0 spiro atoms. The Morgan fingerprint density at radius 1 is 1.44 bits per heavy atom. The molecular formula is C19H19N5O2S. The second-order valence-corrected chi connectivity index (χ2v) is 7.40. The Labute approximate surface area is 160 Å². The van der Waals surface area contributed by atoms with Crippen LogP contribution in [0.15, 0.2) is 53.1 Å². The third-order valence-electron chi connectivity index (χ3n) is 4.58. The lowest BCUT2D eigenvalue weighted by Crippen LogP contribution is -2.30. The van der Waals surface area contributed by atoms with Gasteiger partial charge in [-0.1, -0.05) is 36.0 Å². The monoisotopic (exact) mass is 381 g/mol. The summed E-state index contributed by atoms with van der Waals surface area (Å²) in [5, 5.41) is 8.24. The van der Waals surface area contributed by atoms with Gasteiger partial charge < -0.3 is 5.32 Å². The van der Waals surface area contributed by atoms with Crippen LogP contribution in [0.1, 0.15) is 18.0 Å². The van der Waals surface area contributed by atoms with E-state index in [1.165, 1.54) is 11.8 Å². The second-order valence-electron chi connectivity index (χ2n) is 6.41. The fraction of sp³-hybridized carbons (Fsp3) is 0.263. The molecule has 0 radical (unpaired) electrons. The van der Waals surface area contributed by atoms with Crippen molar-refractivity contribution >= 4 is 28.7 Å². The van der Waals surface area contributed by atoms with Crippen LogP contribution in [0.25, 0.3) is 16.7 Å². The van der Waals surface area contributed by atoms with Crippen molar-refractivity contribution in [1.82, 2.24) is 24.6 Å². The first kappa shape index (κ1) is 17.5. The molecule has 4 rings (SSSR count). The number of hydrogen-bond acceptors (Lipinski definition) is 5. The molecule has 7 nitrogen and oxygen atoms in total. The first-order valence-corrected chi connectivity index (χ1v) is 9.65. The number of rotatable bonds is 5. The van der Waals surface area contributed by atoms with E-state index in [0.717, 1.165) is 11.3 Å². The first-order chi connectivity index (χ1) is 13.1. The smallest absolute Gasteiger partial charge is 0.265 e. The zero-order chi connectivity index (χ0) is 19.0. The van der Waals surface area contributed by atoms with E-state index < -0.39 is 0 Å². The first-order valence-electron chi connectivity index (χ1n) is 8.67. The highest BCUT2D eigenvalue weighted by Crippen LogP contribution is 2.33.